The summed E-state index contributed by atoms with van der Waals surface area (Å²) in [6, 6.07) is 12.6. The van der Waals surface area contributed by atoms with Crippen LogP contribution in [0.3, 0.4) is 0 Å². The summed E-state index contributed by atoms with van der Waals surface area (Å²) in [5, 5.41) is 4.75. The standard InChI is InChI=1S/C19H17BN2OS2/c1-12-6-8-17(24)16(10-12)21-19(23)22-18(25)9-7-14-4-3-5-15(11-14)13(2)20/h3-6,8,10-11,18,24-25H,2H2,1H3,(H2,21,22,23). The zero-order valence-corrected chi connectivity index (χ0v) is 15.5. The Morgan fingerprint density at radius 2 is 2.04 bits per heavy atom. The maximum Gasteiger partial charge on any atom is 0.320 e. The highest BCUT2D eigenvalue weighted by Crippen LogP contribution is 2.20. The average Bonchev–Trinajstić information content (AvgIpc) is 2.56. The van der Waals surface area contributed by atoms with E-state index in [2.05, 4.69) is 54.3 Å². The second-order valence-corrected chi connectivity index (χ2v) is 6.40. The Balaban J connectivity index is 1.99. The van der Waals surface area contributed by atoms with E-state index < -0.39 is 11.4 Å². The minimum atomic E-state index is -0.627. The molecule has 0 fully saturated rings. The molecule has 124 valence electrons. The maximum atomic E-state index is 12.0. The van der Waals surface area contributed by atoms with Gasteiger partial charge in [-0.25, -0.2) is 4.79 Å². The van der Waals surface area contributed by atoms with Gasteiger partial charge in [0.25, 0.3) is 0 Å². The Bertz CT molecular complexity index is 871. The second-order valence-electron chi connectivity index (χ2n) is 5.40. The molecule has 0 bridgehead atoms. The molecule has 1 atom stereocenters. The van der Waals surface area contributed by atoms with Crippen molar-refractivity contribution in [2.75, 3.05) is 5.32 Å². The van der Waals surface area contributed by atoms with Crippen LogP contribution < -0.4 is 10.6 Å². The van der Waals surface area contributed by atoms with Crippen LogP contribution in [-0.2, 0) is 0 Å². The lowest BCUT2D eigenvalue weighted by Gasteiger charge is -2.11. The number of amides is 2. The van der Waals surface area contributed by atoms with Gasteiger partial charge >= 0.3 is 6.03 Å². The van der Waals surface area contributed by atoms with Gasteiger partial charge in [0.05, 0.1) is 5.69 Å². The first-order chi connectivity index (χ1) is 11.8. The van der Waals surface area contributed by atoms with E-state index >= 15 is 0 Å². The molecule has 0 aromatic heterocycles. The molecule has 2 radical (unpaired) electrons. The minimum absolute atomic E-state index is 0.403. The normalized spacial score (nSPS) is 11.0. The third kappa shape index (κ3) is 5.97. The van der Waals surface area contributed by atoms with E-state index in [1.807, 2.05) is 49.4 Å². The summed E-state index contributed by atoms with van der Waals surface area (Å²) < 4.78 is 0. The Morgan fingerprint density at radius 3 is 2.76 bits per heavy atom. The number of hydrogen-bond donors (Lipinski definition) is 4. The summed E-state index contributed by atoms with van der Waals surface area (Å²) >= 11 is 8.59. The summed E-state index contributed by atoms with van der Waals surface area (Å²) in [5.41, 5.74) is 3.71. The topological polar surface area (TPSA) is 41.1 Å². The van der Waals surface area contributed by atoms with Crippen molar-refractivity contribution in [3.63, 3.8) is 0 Å². The molecule has 0 aliphatic heterocycles. The predicted octanol–water partition coefficient (Wildman–Crippen LogP) is 3.85. The van der Waals surface area contributed by atoms with Gasteiger partial charge in [-0.3, -0.25) is 0 Å². The number of carbonyl (C=O) groups excluding carboxylic acids is 1. The molecule has 6 heteroatoms. The molecule has 0 heterocycles. The molecule has 3 nitrogen and oxygen atoms in total. The SMILES string of the molecule is [B]C(=C)c1cccc(C#CC(S)NC(=O)Nc2cc(C)ccc2S)c1. The highest BCUT2D eigenvalue weighted by molar-refractivity contribution is 7.81. The number of aryl methyl sites for hydroxylation is 1. The summed E-state index contributed by atoms with van der Waals surface area (Å²) in [4.78, 5) is 12.7. The van der Waals surface area contributed by atoms with Crippen LogP contribution in [0.15, 0.2) is 53.9 Å². The van der Waals surface area contributed by atoms with Crippen molar-refractivity contribution in [2.24, 2.45) is 0 Å². The molecular weight excluding hydrogens is 347 g/mol. The molecule has 1 unspecified atom stereocenters. The number of nitrogens with one attached hydrogen (secondary N) is 2. The van der Waals surface area contributed by atoms with Crippen LogP contribution in [0, 0.1) is 18.8 Å². The molecule has 2 N–H and O–H groups in total. The van der Waals surface area contributed by atoms with Crippen molar-refractivity contribution in [3.05, 3.63) is 65.7 Å². The van der Waals surface area contributed by atoms with Crippen LogP contribution in [-0.4, -0.2) is 19.3 Å². The van der Waals surface area contributed by atoms with Gasteiger partial charge in [0.15, 0.2) is 0 Å². The smallest absolute Gasteiger partial charge is 0.315 e. The Morgan fingerprint density at radius 1 is 1.28 bits per heavy atom. The Kier molecular flexibility index (Phi) is 6.69. The number of rotatable bonds is 3. The largest absolute Gasteiger partial charge is 0.320 e. The quantitative estimate of drug-likeness (QED) is 0.284. The average molecular weight is 364 g/mol. The highest BCUT2D eigenvalue weighted by atomic mass is 32.1. The fourth-order valence-corrected chi connectivity index (χ4v) is 2.39. The molecule has 0 aliphatic carbocycles. The zero-order valence-electron chi connectivity index (χ0n) is 13.7. The van der Waals surface area contributed by atoms with E-state index in [-0.39, 0.29) is 0 Å². The van der Waals surface area contributed by atoms with E-state index in [0.29, 0.717) is 16.1 Å². The number of thiol groups is 2. The van der Waals surface area contributed by atoms with Crippen LogP contribution in [0.4, 0.5) is 10.5 Å². The van der Waals surface area contributed by atoms with Crippen LogP contribution in [0.25, 0.3) is 5.47 Å². The molecule has 2 aromatic carbocycles. The Labute approximate surface area is 160 Å². The number of anilines is 1. The monoisotopic (exact) mass is 364 g/mol. The molecule has 2 amide bonds. The lowest BCUT2D eigenvalue weighted by Crippen LogP contribution is -2.34. The fraction of sp³-hybridized carbons (Fsp3) is 0.105. The van der Waals surface area contributed by atoms with Gasteiger partial charge in [0.2, 0.25) is 0 Å². The van der Waals surface area contributed by atoms with E-state index in [0.717, 1.165) is 16.7 Å². The molecule has 2 aromatic rings. The molecule has 0 spiro atoms. The molecule has 25 heavy (non-hydrogen) atoms. The summed E-state index contributed by atoms with van der Waals surface area (Å²) in [7, 11) is 5.67. The number of urea groups is 1. The fourth-order valence-electron chi connectivity index (χ4n) is 2.02. The van der Waals surface area contributed by atoms with Crippen LogP contribution in [0.1, 0.15) is 16.7 Å². The van der Waals surface area contributed by atoms with Crippen LogP contribution in [0.5, 0.6) is 0 Å². The van der Waals surface area contributed by atoms with E-state index in [1.54, 1.807) is 0 Å². The van der Waals surface area contributed by atoms with E-state index in [1.165, 1.54) is 0 Å². The first-order valence-corrected chi connectivity index (χ1v) is 8.43. The van der Waals surface area contributed by atoms with Gasteiger partial charge < -0.3 is 10.6 Å². The predicted molar refractivity (Wildman–Crippen MR) is 111 cm³/mol. The zero-order chi connectivity index (χ0) is 18.4. The van der Waals surface area contributed by atoms with Crippen molar-refractivity contribution in [1.82, 2.24) is 5.32 Å². The molecule has 0 aliphatic rings. The summed E-state index contributed by atoms with van der Waals surface area (Å²) in [6.45, 7) is 5.63. The van der Waals surface area contributed by atoms with E-state index in [9.17, 15) is 4.79 Å². The highest BCUT2D eigenvalue weighted by Gasteiger charge is 2.07. The van der Waals surface area contributed by atoms with Crippen molar-refractivity contribution in [1.29, 1.82) is 0 Å². The summed E-state index contributed by atoms with van der Waals surface area (Å²) in [6.07, 6.45) is 0. The molecule has 0 saturated carbocycles. The number of hydrogen-bond acceptors (Lipinski definition) is 3. The van der Waals surface area contributed by atoms with Gasteiger partial charge in [0.1, 0.15) is 13.2 Å². The number of benzene rings is 2. The van der Waals surface area contributed by atoms with E-state index in [4.69, 9.17) is 7.85 Å². The minimum Gasteiger partial charge on any atom is -0.315 e. The van der Waals surface area contributed by atoms with Crippen molar-refractivity contribution >= 4 is 50.3 Å². The molecule has 2 rings (SSSR count). The number of carbonyl (C=O) groups is 1. The second kappa shape index (κ2) is 8.75. The lowest BCUT2D eigenvalue weighted by molar-refractivity contribution is 0.252. The van der Waals surface area contributed by atoms with Gasteiger partial charge in [0, 0.05) is 10.5 Å². The van der Waals surface area contributed by atoms with Gasteiger partial charge in [-0.1, -0.05) is 35.5 Å². The van der Waals surface area contributed by atoms with Gasteiger partial charge in [-0.05, 0) is 42.3 Å². The molecular formula is C19H17BN2OS2. The van der Waals surface area contributed by atoms with Gasteiger partial charge in [-0.15, -0.1) is 31.8 Å². The van der Waals surface area contributed by atoms with Gasteiger partial charge in [-0.2, -0.15) is 0 Å². The third-order valence-corrected chi connectivity index (χ3v) is 3.90. The Hall–Kier alpha value is -2.23. The van der Waals surface area contributed by atoms with Crippen molar-refractivity contribution in [2.45, 2.75) is 17.2 Å². The van der Waals surface area contributed by atoms with Crippen LogP contribution >= 0.6 is 25.3 Å². The maximum absolute atomic E-state index is 12.0. The summed E-state index contributed by atoms with van der Waals surface area (Å²) in [5.74, 6) is 5.81. The van der Waals surface area contributed by atoms with Crippen molar-refractivity contribution in [3.8, 4) is 11.8 Å². The third-order valence-electron chi connectivity index (χ3n) is 3.25. The molecule has 0 saturated heterocycles. The first-order valence-electron chi connectivity index (χ1n) is 7.46. The van der Waals surface area contributed by atoms with Crippen LogP contribution in [0.2, 0.25) is 0 Å². The first kappa shape index (κ1) is 19.1. The van der Waals surface area contributed by atoms with Crippen molar-refractivity contribution < 1.29 is 4.79 Å². The lowest BCUT2D eigenvalue weighted by atomic mass is 9.89.